The fraction of sp³-hybridized carbons (Fsp3) is 0.833. The molecule has 0 aromatic heterocycles. The molecule has 0 radical (unpaired) electrons. The van der Waals surface area contributed by atoms with Crippen LogP contribution >= 0.6 is 0 Å². The van der Waals surface area contributed by atoms with E-state index in [0.717, 1.165) is 38.5 Å². The number of nitrogens with zero attached hydrogens (tertiary/aromatic N) is 2. The van der Waals surface area contributed by atoms with Crippen LogP contribution in [0.1, 0.15) is 46.0 Å². The van der Waals surface area contributed by atoms with E-state index in [2.05, 4.69) is 17.3 Å². The van der Waals surface area contributed by atoms with Crippen molar-refractivity contribution < 1.29 is 4.79 Å². The number of hydrazine groups is 1. The number of nitrogens with two attached hydrogens (primary N) is 2. The fourth-order valence-electron chi connectivity index (χ4n) is 2.00. The van der Waals surface area contributed by atoms with E-state index in [0.29, 0.717) is 5.84 Å². The van der Waals surface area contributed by atoms with Crippen LogP contribution in [-0.4, -0.2) is 30.3 Å². The van der Waals surface area contributed by atoms with Gasteiger partial charge < -0.3 is 11.2 Å². The molecule has 0 rings (SSSR count). The van der Waals surface area contributed by atoms with Crippen molar-refractivity contribution in [1.29, 1.82) is 0 Å². The lowest BCUT2D eigenvalue weighted by Gasteiger charge is -2.22. The predicted octanol–water partition coefficient (Wildman–Crippen LogP) is 0.785. The summed E-state index contributed by atoms with van der Waals surface area (Å²) < 4.78 is 0. The Balaban J connectivity index is 4.20. The molecule has 0 fully saturated rings. The highest BCUT2D eigenvalue weighted by Gasteiger charge is 2.16. The maximum atomic E-state index is 10.5. The first kappa shape index (κ1) is 16.7. The monoisotopic (exact) mass is 257 g/mol. The molecule has 6 heteroatoms. The second-order valence-corrected chi connectivity index (χ2v) is 4.70. The molecule has 5 N–H and O–H groups in total. The molecular formula is C12H27N5O. The molecule has 6 nitrogen and oxygen atoms in total. The summed E-state index contributed by atoms with van der Waals surface area (Å²) in [5.41, 5.74) is 0. The largest absolute Gasteiger partial charge is 0.356 e. The Hall–Kier alpha value is -1.30. The zero-order chi connectivity index (χ0) is 14.0. The third kappa shape index (κ3) is 6.44. The van der Waals surface area contributed by atoms with Gasteiger partial charge in [-0.15, -0.1) is 0 Å². The number of hydrogen-bond acceptors (Lipinski definition) is 4. The number of amidine groups is 1. The smallest absolute Gasteiger partial charge is 0.207 e. The van der Waals surface area contributed by atoms with Crippen LogP contribution < -0.4 is 17.0 Å². The Bertz CT molecular complexity index is 255. The number of carbonyl (C=O) groups excluding carboxylic acids is 1. The van der Waals surface area contributed by atoms with Crippen LogP contribution in [0.2, 0.25) is 0 Å². The summed E-state index contributed by atoms with van der Waals surface area (Å²) in [6.45, 7) is 4.18. The van der Waals surface area contributed by atoms with Gasteiger partial charge in [-0.25, -0.2) is 5.84 Å². The van der Waals surface area contributed by atoms with Gasteiger partial charge in [0.1, 0.15) is 5.84 Å². The van der Waals surface area contributed by atoms with Gasteiger partial charge >= 0.3 is 0 Å². The fourth-order valence-corrected chi connectivity index (χ4v) is 2.00. The van der Waals surface area contributed by atoms with Crippen molar-refractivity contribution in [3.63, 3.8) is 0 Å². The number of unbranched alkanes of at least 4 members (excludes halogenated alkanes) is 1. The zero-order valence-corrected chi connectivity index (χ0v) is 11.7. The summed E-state index contributed by atoms with van der Waals surface area (Å²) in [5, 5.41) is 8.01. The quantitative estimate of drug-likeness (QED) is 0.187. The van der Waals surface area contributed by atoms with Gasteiger partial charge in [-0.05, 0) is 19.3 Å². The first-order chi connectivity index (χ1) is 8.56. The number of rotatable bonds is 9. The van der Waals surface area contributed by atoms with E-state index in [4.69, 9.17) is 11.7 Å². The van der Waals surface area contributed by atoms with E-state index in [1.165, 1.54) is 5.01 Å². The molecule has 0 saturated heterocycles. The number of hydrazone groups is 1. The minimum absolute atomic E-state index is 0.183. The van der Waals surface area contributed by atoms with Gasteiger partial charge in [-0.3, -0.25) is 9.80 Å². The number of hydrogen-bond donors (Lipinski definition) is 3. The molecule has 0 aromatic carbocycles. The second-order valence-electron chi connectivity index (χ2n) is 4.70. The van der Waals surface area contributed by atoms with E-state index in [-0.39, 0.29) is 12.0 Å². The normalized spacial score (nSPS) is 15.0. The van der Waals surface area contributed by atoms with Gasteiger partial charge in [-0.1, -0.05) is 26.7 Å². The van der Waals surface area contributed by atoms with Crippen LogP contribution in [0.15, 0.2) is 5.10 Å². The average Bonchev–Trinajstić information content (AvgIpc) is 2.33. The van der Waals surface area contributed by atoms with Crippen molar-refractivity contribution in [2.75, 3.05) is 7.05 Å². The number of nitrogens with one attached hydrogen (secondary N) is 1. The third-order valence-electron chi connectivity index (χ3n) is 3.09. The highest BCUT2D eigenvalue weighted by Crippen LogP contribution is 2.14. The van der Waals surface area contributed by atoms with Crippen LogP contribution in [0.5, 0.6) is 0 Å². The summed E-state index contributed by atoms with van der Waals surface area (Å²) in [7, 11) is 1.72. The number of carbonyl (C=O) groups is 1. The van der Waals surface area contributed by atoms with Crippen molar-refractivity contribution >= 4 is 12.2 Å². The minimum Gasteiger partial charge on any atom is -0.356 e. The topological polar surface area (TPSA) is 96.7 Å². The molecule has 2 atom stereocenters. The Kier molecular flexibility index (Phi) is 9.00. The zero-order valence-electron chi connectivity index (χ0n) is 11.7. The molecule has 1 amide bonds. The Morgan fingerprint density at radius 1 is 1.44 bits per heavy atom. The Morgan fingerprint density at radius 3 is 2.56 bits per heavy atom. The van der Waals surface area contributed by atoms with Gasteiger partial charge in [0.15, 0.2) is 0 Å². The SMILES string of the molecule is CCCCC(CC[C@@H](C)/C(=N/N)N(C)N)NC=O. The van der Waals surface area contributed by atoms with Gasteiger partial charge in [0.25, 0.3) is 0 Å². The lowest BCUT2D eigenvalue weighted by molar-refractivity contribution is -0.110. The molecule has 18 heavy (non-hydrogen) atoms. The highest BCUT2D eigenvalue weighted by atomic mass is 16.1. The molecule has 0 aromatic rings. The van der Waals surface area contributed by atoms with Crippen LogP contribution in [-0.2, 0) is 4.79 Å². The first-order valence-electron chi connectivity index (χ1n) is 6.52. The summed E-state index contributed by atoms with van der Waals surface area (Å²) in [5.74, 6) is 11.8. The molecular weight excluding hydrogens is 230 g/mol. The van der Waals surface area contributed by atoms with E-state index in [1.54, 1.807) is 7.05 Å². The lowest BCUT2D eigenvalue weighted by Crippen LogP contribution is -2.39. The second kappa shape index (κ2) is 9.70. The van der Waals surface area contributed by atoms with E-state index in [9.17, 15) is 4.79 Å². The summed E-state index contributed by atoms with van der Waals surface area (Å²) in [4.78, 5) is 10.5. The molecule has 106 valence electrons. The van der Waals surface area contributed by atoms with Crippen molar-refractivity contribution in [1.82, 2.24) is 10.3 Å². The van der Waals surface area contributed by atoms with Crippen molar-refractivity contribution in [3.8, 4) is 0 Å². The molecule has 1 unspecified atom stereocenters. The molecule has 0 heterocycles. The Morgan fingerprint density at radius 2 is 2.11 bits per heavy atom. The molecule has 0 bridgehead atoms. The van der Waals surface area contributed by atoms with Crippen LogP contribution in [0.3, 0.4) is 0 Å². The molecule has 0 aliphatic rings. The molecule has 0 spiro atoms. The van der Waals surface area contributed by atoms with E-state index >= 15 is 0 Å². The lowest BCUT2D eigenvalue weighted by atomic mass is 9.97. The van der Waals surface area contributed by atoms with Gasteiger partial charge in [0, 0.05) is 19.0 Å². The minimum atomic E-state index is 0.183. The maximum Gasteiger partial charge on any atom is 0.207 e. The van der Waals surface area contributed by atoms with Gasteiger partial charge in [0.2, 0.25) is 6.41 Å². The van der Waals surface area contributed by atoms with Crippen molar-refractivity contribution in [2.24, 2.45) is 22.7 Å². The van der Waals surface area contributed by atoms with Gasteiger partial charge in [-0.2, -0.15) is 5.10 Å². The maximum absolute atomic E-state index is 10.5. The summed E-state index contributed by atoms with van der Waals surface area (Å²) in [6.07, 6.45) is 5.84. The summed E-state index contributed by atoms with van der Waals surface area (Å²) in [6, 6.07) is 0.229. The molecule has 0 aliphatic heterocycles. The number of amides is 1. The van der Waals surface area contributed by atoms with Crippen molar-refractivity contribution in [3.05, 3.63) is 0 Å². The average molecular weight is 257 g/mol. The third-order valence-corrected chi connectivity index (χ3v) is 3.09. The van der Waals surface area contributed by atoms with E-state index < -0.39 is 0 Å². The van der Waals surface area contributed by atoms with Crippen LogP contribution in [0, 0.1) is 5.92 Å². The summed E-state index contributed by atoms with van der Waals surface area (Å²) >= 11 is 0. The highest BCUT2D eigenvalue weighted by molar-refractivity contribution is 5.83. The Labute approximate surface area is 110 Å². The first-order valence-corrected chi connectivity index (χ1v) is 6.52. The van der Waals surface area contributed by atoms with E-state index in [1.807, 2.05) is 6.92 Å². The van der Waals surface area contributed by atoms with Gasteiger partial charge in [0.05, 0.1) is 0 Å². The molecule has 0 aliphatic carbocycles. The van der Waals surface area contributed by atoms with Crippen LogP contribution in [0.25, 0.3) is 0 Å². The van der Waals surface area contributed by atoms with Crippen LogP contribution in [0.4, 0.5) is 0 Å². The standard InChI is InChI=1S/C12H27N5O/c1-4-5-6-11(15-9-18)8-7-10(2)12(16-13)17(3)14/h9-11H,4-8,13-14H2,1-3H3,(H,15,18)/b16-12-/t10-,11?/m1/s1. The van der Waals surface area contributed by atoms with Crippen molar-refractivity contribution in [2.45, 2.75) is 52.0 Å². The predicted molar refractivity (Wildman–Crippen MR) is 74.5 cm³/mol. The molecule has 0 saturated carbocycles.